The molecular formula is C33H25N5O2. The van der Waals surface area contributed by atoms with Gasteiger partial charge in [-0.25, -0.2) is 9.97 Å². The quantitative estimate of drug-likeness (QED) is 0.254. The van der Waals surface area contributed by atoms with Crippen molar-refractivity contribution < 1.29 is 9.59 Å². The van der Waals surface area contributed by atoms with Gasteiger partial charge in [-0.15, -0.1) is 0 Å². The Morgan fingerprint density at radius 2 is 1.40 bits per heavy atom. The number of nitriles is 1. The molecule has 1 aromatic heterocycles. The maximum Gasteiger partial charge on any atom is 0.255 e. The van der Waals surface area contributed by atoms with Crippen molar-refractivity contribution in [2.75, 3.05) is 10.6 Å². The SMILES string of the molecule is Cc1nccc(-c2cccc(NC(=O)c3ccc(C)c(-c4ccc(C(=O)Nc5cccc(C#N)c5)cc4)c3)c2)n1. The zero-order valence-electron chi connectivity index (χ0n) is 22.0. The molecule has 0 aliphatic carbocycles. The minimum absolute atomic E-state index is 0.229. The van der Waals surface area contributed by atoms with Gasteiger partial charge in [0, 0.05) is 34.3 Å². The molecule has 5 rings (SSSR count). The Morgan fingerprint density at radius 3 is 2.12 bits per heavy atom. The summed E-state index contributed by atoms with van der Waals surface area (Å²) >= 11 is 0. The molecule has 1 heterocycles. The molecule has 0 saturated heterocycles. The van der Waals surface area contributed by atoms with E-state index >= 15 is 0 Å². The summed E-state index contributed by atoms with van der Waals surface area (Å²) in [5.74, 6) is 0.178. The molecule has 7 heteroatoms. The molecule has 0 unspecified atom stereocenters. The van der Waals surface area contributed by atoms with Gasteiger partial charge < -0.3 is 10.6 Å². The van der Waals surface area contributed by atoms with Gasteiger partial charge in [0.2, 0.25) is 0 Å². The van der Waals surface area contributed by atoms with Crippen molar-refractivity contribution in [3.8, 4) is 28.5 Å². The number of hydrogen-bond acceptors (Lipinski definition) is 5. The summed E-state index contributed by atoms with van der Waals surface area (Å²) in [4.78, 5) is 34.5. The Hall–Kier alpha value is -5.61. The number of anilines is 2. The first-order valence-electron chi connectivity index (χ1n) is 12.6. The van der Waals surface area contributed by atoms with Gasteiger partial charge in [-0.05, 0) is 91.2 Å². The van der Waals surface area contributed by atoms with Gasteiger partial charge in [0.05, 0.1) is 17.3 Å². The number of nitrogens with zero attached hydrogens (tertiary/aromatic N) is 3. The molecule has 194 valence electrons. The van der Waals surface area contributed by atoms with Crippen LogP contribution in [-0.4, -0.2) is 21.8 Å². The Balaban J connectivity index is 1.32. The number of rotatable bonds is 6. The molecule has 0 bridgehead atoms. The summed E-state index contributed by atoms with van der Waals surface area (Å²) in [6, 6.07) is 31.0. The maximum atomic E-state index is 13.2. The van der Waals surface area contributed by atoms with Crippen LogP contribution in [-0.2, 0) is 0 Å². The van der Waals surface area contributed by atoms with E-state index in [9.17, 15) is 9.59 Å². The number of amides is 2. The van der Waals surface area contributed by atoms with Gasteiger partial charge in [0.25, 0.3) is 11.8 Å². The van der Waals surface area contributed by atoms with E-state index in [1.165, 1.54) is 0 Å². The fraction of sp³-hybridized carbons (Fsp3) is 0.0606. The highest BCUT2D eigenvalue weighted by Gasteiger charge is 2.12. The van der Waals surface area contributed by atoms with E-state index in [0.29, 0.717) is 33.9 Å². The molecular weight excluding hydrogens is 498 g/mol. The fourth-order valence-corrected chi connectivity index (χ4v) is 4.32. The zero-order chi connectivity index (χ0) is 28.1. The van der Waals surface area contributed by atoms with Crippen LogP contribution in [0.5, 0.6) is 0 Å². The minimum Gasteiger partial charge on any atom is -0.322 e. The summed E-state index contributed by atoms with van der Waals surface area (Å²) in [5, 5.41) is 14.9. The Bertz CT molecular complexity index is 1770. The van der Waals surface area contributed by atoms with Gasteiger partial charge in [-0.2, -0.15) is 5.26 Å². The van der Waals surface area contributed by atoms with E-state index in [1.54, 1.807) is 48.7 Å². The van der Waals surface area contributed by atoms with Crippen molar-refractivity contribution in [3.63, 3.8) is 0 Å². The zero-order valence-corrected chi connectivity index (χ0v) is 22.0. The highest BCUT2D eigenvalue weighted by molar-refractivity contribution is 6.06. The van der Waals surface area contributed by atoms with Crippen LogP contribution in [0.15, 0.2) is 103 Å². The monoisotopic (exact) mass is 523 g/mol. The van der Waals surface area contributed by atoms with E-state index < -0.39 is 0 Å². The summed E-state index contributed by atoms with van der Waals surface area (Å²) in [5.41, 5.74) is 7.15. The number of aromatic nitrogens is 2. The number of benzene rings is 4. The van der Waals surface area contributed by atoms with Crippen LogP contribution in [0, 0.1) is 25.2 Å². The Kier molecular flexibility index (Phi) is 7.43. The van der Waals surface area contributed by atoms with Crippen LogP contribution < -0.4 is 10.6 Å². The lowest BCUT2D eigenvalue weighted by Gasteiger charge is -2.12. The van der Waals surface area contributed by atoms with Crippen LogP contribution in [0.1, 0.15) is 37.7 Å². The fourth-order valence-electron chi connectivity index (χ4n) is 4.32. The first kappa shape index (κ1) is 26.0. The number of aryl methyl sites for hydroxylation is 2. The standard InChI is InChI=1S/C33H25N5O2/c1-21-9-10-27(33(40)38-29-8-4-6-26(18-29)31-15-16-35-22(2)36-31)19-30(21)24-11-13-25(14-12-24)32(39)37-28-7-3-5-23(17-28)20-34/h3-19H,1-2H3,(H,37,39)(H,38,40). The summed E-state index contributed by atoms with van der Waals surface area (Å²) < 4.78 is 0. The average molecular weight is 524 g/mol. The summed E-state index contributed by atoms with van der Waals surface area (Å²) in [7, 11) is 0. The molecule has 0 radical (unpaired) electrons. The van der Waals surface area contributed by atoms with E-state index in [1.807, 2.05) is 68.4 Å². The average Bonchev–Trinajstić information content (AvgIpc) is 2.97. The first-order valence-corrected chi connectivity index (χ1v) is 12.6. The number of hydrogen-bond donors (Lipinski definition) is 2. The third-order valence-electron chi connectivity index (χ3n) is 6.40. The molecule has 40 heavy (non-hydrogen) atoms. The Morgan fingerprint density at radius 1 is 0.725 bits per heavy atom. The molecule has 2 amide bonds. The normalized spacial score (nSPS) is 10.4. The molecule has 0 atom stereocenters. The van der Waals surface area contributed by atoms with Crippen LogP contribution in [0.4, 0.5) is 11.4 Å². The van der Waals surface area contributed by atoms with Crippen molar-refractivity contribution in [1.82, 2.24) is 9.97 Å². The maximum absolute atomic E-state index is 13.2. The molecule has 2 N–H and O–H groups in total. The number of carbonyl (C=O) groups excluding carboxylic acids is 2. The number of carbonyl (C=O) groups is 2. The largest absolute Gasteiger partial charge is 0.322 e. The van der Waals surface area contributed by atoms with Crippen LogP contribution in [0.2, 0.25) is 0 Å². The Labute approximate surface area is 232 Å². The molecule has 0 aliphatic heterocycles. The lowest BCUT2D eigenvalue weighted by molar-refractivity contribution is 0.101. The highest BCUT2D eigenvalue weighted by Crippen LogP contribution is 2.27. The van der Waals surface area contributed by atoms with Gasteiger partial charge in [0.15, 0.2) is 0 Å². The molecule has 0 aliphatic rings. The lowest BCUT2D eigenvalue weighted by atomic mass is 9.97. The molecule has 0 saturated carbocycles. The van der Waals surface area contributed by atoms with Gasteiger partial charge in [0.1, 0.15) is 5.82 Å². The topological polar surface area (TPSA) is 108 Å². The molecule has 4 aromatic carbocycles. The van der Waals surface area contributed by atoms with E-state index in [2.05, 4.69) is 26.7 Å². The third kappa shape index (κ3) is 5.93. The smallest absolute Gasteiger partial charge is 0.255 e. The van der Waals surface area contributed by atoms with Crippen molar-refractivity contribution in [2.24, 2.45) is 0 Å². The van der Waals surface area contributed by atoms with Crippen molar-refractivity contribution in [1.29, 1.82) is 5.26 Å². The van der Waals surface area contributed by atoms with E-state index in [0.717, 1.165) is 27.9 Å². The lowest BCUT2D eigenvalue weighted by Crippen LogP contribution is -2.12. The molecule has 0 fully saturated rings. The first-order chi connectivity index (χ1) is 19.4. The molecule has 5 aromatic rings. The van der Waals surface area contributed by atoms with Crippen LogP contribution in [0.25, 0.3) is 22.4 Å². The van der Waals surface area contributed by atoms with Crippen LogP contribution in [0.3, 0.4) is 0 Å². The summed E-state index contributed by atoms with van der Waals surface area (Å²) in [6.07, 6.45) is 1.71. The van der Waals surface area contributed by atoms with Crippen LogP contribution >= 0.6 is 0 Å². The van der Waals surface area contributed by atoms with E-state index in [-0.39, 0.29) is 11.8 Å². The number of nitrogens with one attached hydrogen (secondary N) is 2. The van der Waals surface area contributed by atoms with Gasteiger partial charge in [-0.1, -0.05) is 36.4 Å². The van der Waals surface area contributed by atoms with Gasteiger partial charge >= 0.3 is 0 Å². The predicted octanol–water partition coefficient (Wildman–Crippen LogP) is 6.80. The second-order valence-corrected chi connectivity index (χ2v) is 9.28. The molecule has 0 spiro atoms. The third-order valence-corrected chi connectivity index (χ3v) is 6.40. The predicted molar refractivity (Wildman–Crippen MR) is 156 cm³/mol. The van der Waals surface area contributed by atoms with Gasteiger partial charge in [-0.3, -0.25) is 9.59 Å². The van der Waals surface area contributed by atoms with Crippen molar-refractivity contribution >= 4 is 23.2 Å². The minimum atomic E-state index is -0.272. The van der Waals surface area contributed by atoms with Crippen molar-refractivity contribution in [3.05, 3.63) is 131 Å². The van der Waals surface area contributed by atoms with Crippen molar-refractivity contribution in [2.45, 2.75) is 13.8 Å². The van der Waals surface area contributed by atoms with E-state index in [4.69, 9.17) is 5.26 Å². The molecule has 7 nitrogen and oxygen atoms in total. The second kappa shape index (κ2) is 11.4. The summed E-state index contributed by atoms with van der Waals surface area (Å²) in [6.45, 7) is 3.82. The highest BCUT2D eigenvalue weighted by atomic mass is 16.2. The second-order valence-electron chi connectivity index (χ2n) is 9.28.